The molecule has 0 radical (unpaired) electrons. The number of rotatable bonds is 6. The maximum Gasteiger partial charge on any atom is 0.216 e. The normalized spacial score (nSPS) is 22.6. The summed E-state index contributed by atoms with van der Waals surface area (Å²) in [6.07, 6.45) is 0. The Hall–Kier alpha value is -0.650. The van der Waals surface area contributed by atoms with Crippen LogP contribution in [0.25, 0.3) is 0 Å². The highest BCUT2D eigenvalue weighted by Gasteiger charge is 2.22. The van der Waals surface area contributed by atoms with Gasteiger partial charge in [-0.1, -0.05) is 0 Å². The molecule has 0 aromatic carbocycles. The number of ether oxygens (including phenoxy) is 1. The zero-order valence-electron chi connectivity index (χ0n) is 11.2. The highest BCUT2D eigenvalue weighted by Crippen LogP contribution is 2.08. The Morgan fingerprint density at radius 1 is 1.41 bits per heavy atom. The number of hydrogen-bond donors (Lipinski definition) is 1. The first-order valence-corrected chi connectivity index (χ1v) is 6.33. The number of piperazine rings is 1. The molecular formula is C12H25N3O2. The SMILES string of the molecule is COCCN1CCN(CCNC(C)=O)C[C@@H]1C. The minimum Gasteiger partial charge on any atom is -0.383 e. The van der Waals surface area contributed by atoms with Gasteiger partial charge in [0.05, 0.1) is 6.61 Å². The van der Waals surface area contributed by atoms with Crippen molar-refractivity contribution in [2.24, 2.45) is 0 Å². The van der Waals surface area contributed by atoms with Crippen LogP contribution in [0.2, 0.25) is 0 Å². The fourth-order valence-corrected chi connectivity index (χ4v) is 2.20. The Kier molecular flexibility index (Phi) is 6.47. The molecule has 17 heavy (non-hydrogen) atoms. The van der Waals surface area contributed by atoms with Crippen LogP contribution in [-0.4, -0.2) is 74.7 Å². The Labute approximate surface area is 104 Å². The van der Waals surface area contributed by atoms with Crippen molar-refractivity contribution < 1.29 is 9.53 Å². The third-order valence-electron chi connectivity index (χ3n) is 3.23. The third kappa shape index (κ3) is 5.48. The summed E-state index contributed by atoms with van der Waals surface area (Å²) >= 11 is 0. The molecule has 1 fully saturated rings. The molecule has 1 atom stereocenters. The number of hydrogen-bond acceptors (Lipinski definition) is 4. The van der Waals surface area contributed by atoms with Crippen molar-refractivity contribution in [2.45, 2.75) is 19.9 Å². The van der Waals surface area contributed by atoms with Crippen LogP contribution in [0, 0.1) is 0 Å². The van der Waals surface area contributed by atoms with Gasteiger partial charge in [0.2, 0.25) is 5.91 Å². The molecule has 1 N–H and O–H groups in total. The highest BCUT2D eigenvalue weighted by molar-refractivity contribution is 5.72. The van der Waals surface area contributed by atoms with E-state index in [1.807, 2.05) is 0 Å². The summed E-state index contributed by atoms with van der Waals surface area (Å²) in [5, 5.41) is 2.84. The van der Waals surface area contributed by atoms with E-state index in [1.165, 1.54) is 0 Å². The quantitative estimate of drug-likeness (QED) is 0.700. The van der Waals surface area contributed by atoms with E-state index in [-0.39, 0.29) is 5.91 Å². The van der Waals surface area contributed by atoms with Crippen LogP contribution in [0.1, 0.15) is 13.8 Å². The topological polar surface area (TPSA) is 44.8 Å². The van der Waals surface area contributed by atoms with Gasteiger partial charge in [0.15, 0.2) is 0 Å². The molecule has 0 aromatic heterocycles. The van der Waals surface area contributed by atoms with Gasteiger partial charge in [-0.15, -0.1) is 0 Å². The number of amides is 1. The summed E-state index contributed by atoms with van der Waals surface area (Å²) in [6, 6.07) is 0.566. The second kappa shape index (κ2) is 7.63. The lowest BCUT2D eigenvalue weighted by Gasteiger charge is -2.39. The number of carbonyl (C=O) groups is 1. The molecule has 1 saturated heterocycles. The van der Waals surface area contributed by atoms with E-state index in [0.717, 1.165) is 45.9 Å². The van der Waals surface area contributed by atoms with Crippen molar-refractivity contribution in [3.63, 3.8) is 0 Å². The first kappa shape index (κ1) is 14.4. The fourth-order valence-electron chi connectivity index (χ4n) is 2.20. The van der Waals surface area contributed by atoms with Crippen LogP contribution in [-0.2, 0) is 9.53 Å². The molecule has 100 valence electrons. The van der Waals surface area contributed by atoms with E-state index >= 15 is 0 Å². The van der Waals surface area contributed by atoms with Crippen molar-refractivity contribution in [1.29, 1.82) is 0 Å². The van der Waals surface area contributed by atoms with Crippen LogP contribution < -0.4 is 5.32 Å². The van der Waals surface area contributed by atoms with E-state index < -0.39 is 0 Å². The smallest absolute Gasteiger partial charge is 0.216 e. The van der Waals surface area contributed by atoms with Gasteiger partial charge < -0.3 is 10.1 Å². The van der Waals surface area contributed by atoms with E-state index in [1.54, 1.807) is 14.0 Å². The molecular weight excluding hydrogens is 218 g/mol. The Morgan fingerprint density at radius 3 is 2.76 bits per heavy atom. The number of carbonyl (C=O) groups excluding carboxylic acids is 1. The molecule has 5 heteroatoms. The lowest BCUT2D eigenvalue weighted by molar-refractivity contribution is -0.119. The third-order valence-corrected chi connectivity index (χ3v) is 3.23. The van der Waals surface area contributed by atoms with Gasteiger partial charge in [0.25, 0.3) is 0 Å². The summed E-state index contributed by atoms with van der Waals surface area (Å²) in [6.45, 7) is 10.6. The van der Waals surface area contributed by atoms with Crippen LogP contribution in [0.5, 0.6) is 0 Å². The minimum absolute atomic E-state index is 0.0526. The van der Waals surface area contributed by atoms with Gasteiger partial charge >= 0.3 is 0 Å². The number of nitrogens with zero attached hydrogens (tertiary/aromatic N) is 2. The molecule has 1 amide bonds. The average Bonchev–Trinajstić information content (AvgIpc) is 2.27. The van der Waals surface area contributed by atoms with Crippen LogP contribution in [0.4, 0.5) is 0 Å². The molecule has 0 unspecified atom stereocenters. The van der Waals surface area contributed by atoms with Crippen molar-refractivity contribution in [1.82, 2.24) is 15.1 Å². The molecule has 1 aliphatic heterocycles. The molecule has 1 rings (SSSR count). The molecule has 0 aliphatic carbocycles. The van der Waals surface area contributed by atoms with Crippen molar-refractivity contribution >= 4 is 5.91 Å². The Bertz CT molecular complexity index is 236. The second-order valence-electron chi connectivity index (χ2n) is 4.66. The lowest BCUT2D eigenvalue weighted by atomic mass is 10.2. The molecule has 1 heterocycles. The predicted molar refractivity (Wildman–Crippen MR) is 68.0 cm³/mol. The molecule has 5 nitrogen and oxygen atoms in total. The zero-order valence-corrected chi connectivity index (χ0v) is 11.2. The van der Waals surface area contributed by atoms with Gasteiger partial charge in [-0.05, 0) is 6.92 Å². The Morgan fingerprint density at radius 2 is 2.18 bits per heavy atom. The minimum atomic E-state index is 0.0526. The summed E-state index contributed by atoms with van der Waals surface area (Å²) < 4.78 is 5.11. The van der Waals surface area contributed by atoms with E-state index in [4.69, 9.17) is 4.74 Å². The molecule has 0 saturated carbocycles. The fraction of sp³-hybridized carbons (Fsp3) is 0.917. The van der Waals surface area contributed by atoms with E-state index in [9.17, 15) is 4.79 Å². The summed E-state index contributed by atoms with van der Waals surface area (Å²) in [5.74, 6) is 0.0526. The molecule has 0 bridgehead atoms. The standard InChI is InChI=1S/C12H25N3O2/c1-11-10-14(5-4-13-12(2)16)6-7-15(11)8-9-17-3/h11H,4-10H2,1-3H3,(H,13,16)/t11-/m0/s1. The first-order valence-electron chi connectivity index (χ1n) is 6.33. The molecule has 1 aliphatic rings. The second-order valence-corrected chi connectivity index (χ2v) is 4.66. The van der Waals surface area contributed by atoms with E-state index in [2.05, 4.69) is 22.0 Å². The van der Waals surface area contributed by atoms with Gasteiger partial charge in [-0.2, -0.15) is 0 Å². The average molecular weight is 243 g/mol. The highest BCUT2D eigenvalue weighted by atomic mass is 16.5. The van der Waals surface area contributed by atoms with E-state index in [0.29, 0.717) is 6.04 Å². The van der Waals surface area contributed by atoms with Gasteiger partial charge in [0, 0.05) is 59.3 Å². The van der Waals surface area contributed by atoms with Crippen LogP contribution in [0.15, 0.2) is 0 Å². The summed E-state index contributed by atoms with van der Waals surface area (Å²) in [4.78, 5) is 15.6. The van der Waals surface area contributed by atoms with Crippen molar-refractivity contribution in [2.75, 3.05) is 53.0 Å². The van der Waals surface area contributed by atoms with Gasteiger partial charge in [-0.3, -0.25) is 14.6 Å². The van der Waals surface area contributed by atoms with Gasteiger partial charge in [0.1, 0.15) is 0 Å². The summed E-state index contributed by atoms with van der Waals surface area (Å²) in [5.41, 5.74) is 0. The Balaban J connectivity index is 2.19. The summed E-state index contributed by atoms with van der Waals surface area (Å²) in [7, 11) is 1.74. The predicted octanol–water partition coefficient (Wildman–Crippen LogP) is -0.225. The number of methoxy groups -OCH3 is 1. The zero-order chi connectivity index (χ0) is 12.7. The molecule has 0 spiro atoms. The van der Waals surface area contributed by atoms with Gasteiger partial charge in [-0.25, -0.2) is 0 Å². The number of nitrogens with one attached hydrogen (secondary N) is 1. The maximum absolute atomic E-state index is 10.8. The van der Waals surface area contributed by atoms with Crippen LogP contribution in [0.3, 0.4) is 0 Å². The monoisotopic (exact) mass is 243 g/mol. The first-order chi connectivity index (χ1) is 8.13. The van der Waals surface area contributed by atoms with Crippen molar-refractivity contribution in [3.8, 4) is 0 Å². The maximum atomic E-state index is 10.8. The van der Waals surface area contributed by atoms with Crippen molar-refractivity contribution in [3.05, 3.63) is 0 Å². The van der Waals surface area contributed by atoms with Crippen LogP contribution >= 0.6 is 0 Å². The largest absolute Gasteiger partial charge is 0.383 e. The lowest BCUT2D eigenvalue weighted by Crippen LogP contribution is -2.53. The molecule has 0 aromatic rings.